The number of rotatable bonds is 7. The minimum atomic E-state index is -3.63. The summed E-state index contributed by atoms with van der Waals surface area (Å²) in [6.07, 6.45) is 1.46. The zero-order valence-corrected chi connectivity index (χ0v) is 18.3. The van der Waals surface area contributed by atoms with Crippen LogP contribution < -0.4 is 10.0 Å². The van der Waals surface area contributed by atoms with Crippen molar-refractivity contribution in [2.75, 3.05) is 11.9 Å². The van der Waals surface area contributed by atoms with Gasteiger partial charge < -0.3 is 4.98 Å². The van der Waals surface area contributed by atoms with Crippen molar-refractivity contribution in [1.29, 1.82) is 0 Å². The normalized spacial score (nSPS) is 11.5. The van der Waals surface area contributed by atoms with Crippen LogP contribution in [0.5, 0.6) is 0 Å². The number of sulfonamides is 1. The first-order chi connectivity index (χ1) is 14.9. The van der Waals surface area contributed by atoms with Gasteiger partial charge in [-0.1, -0.05) is 24.3 Å². The number of nitrogens with zero attached hydrogens (tertiary/aromatic N) is 1. The van der Waals surface area contributed by atoms with Crippen LogP contribution in [0.1, 0.15) is 16.1 Å². The number of hydrogen-bond acceptors (Lipinski definition) is 5. The second kappa shape index (κ2) is 8.46. The van der Waals surface area contributed by atoms with Crippen molar-refractivity contribution in [2.45, 2.75) is 11.8 Å². The van der Waals surface area contributed by atoms with E-state index in [1.54, 1.807) is 0 Å². The Balaban J connectivity index is 1.52. The van der Waals surface area contributed by atoms with Gasteiger partial charge in [0.15, 0.2) is 5.13 Å². The van der Waals surface area contributed by atoms with Crippen LogP contribution in [-0.4, -0.2) is 30.8 Å². The third-order valence-electron chi connectivity index (χ3n) is 4.72. The van der Waals surface area contributed by atoms with Crippen LogP contribution in [0.15, 0.2) is 71.5 Å². The smallest absolute Gasteiger partial charge is 0.257 e. The van der Waals surface area contributed by atoms with E-state index in [0.29, 0.717) is 10.7 Å². The summed E-state index contributed by atoms with van der Waals surface area (Å²) in [6.45, 7) is 5.61. The van der Waals surface area contributed by atoms with Crippen LogP contribution in [-0.2, 0) is 10.0 Å². The number of amides is 1. The third kappa shape index (κ3) is 4.29. The van der Waals surface area contributed by atoms with Crippen LogP contribution in [0, 0.1) is 6.92 Å². The van der Waals surface area contributed by atoms with E-state index >= 15 is 0 Å². The van der Waals surface area contributed by atoms with Crippen LogP contribution in [0.3, 0.4) is 0 Å². The summed E-state index contributed by atoms with van der Waals surface area (Å²) in [4.78, 5) is 20.6. The van der Waals surface area contributed by atoms with Crippen molar-refractivity contribution in [3.63, 3.8) is 0 Å². The molecule has 1 amide bonds. The number of aromatic amines is 1. The lowest BCUT2D eigenvalue weighted by molar-refractivity contribution is 0.102. The fourth-order valence-corrected chi connectivity index (χ4v) is 4.95. The first kappa shape index (κ1) is 21.0. The molecule has 2 heterocycles. The predicted molar refractivity (Wildman–Crippen MR) is 124 cm³/mol. The number of hydrogen-bond donors (Lipinski definition) is 3. The topological polar surface area (TPSA) is 104 Å². The lowest BCUT2D eigenvalue weighted by Crippen LogP contribution is -2.23. The highest BCUT2D eigenvalue weighted by Gasteiger charge is 2.16. The molecule has 31 heavy (non-hydrogen) atoms. The number of anilines is 1. The number of H-pyrrole nitrogens is 1. The maximum absolute atomic E-state index is 12.6. The van der Waals surface area contributed by atoms with E-state index in [9.17, 15) is 13.2 Å². The van der Waals surface area contributed by atoms with Crippen LogP contribution >= 0.6 is 11.3 Å². The maximum atomic E-state index is 12.6. The Kier molecular flexibility index (Phi) is 5.73. The van der Waals surface area contributed by atoms with Gasteiger partial charge in [0, 0.05) is 39.6 Å². The molecule has 0 bridgehead atoms. The lowest BCUT2D eigenvalue weighted by atomic mass is 10.1. The summed E-state index contributed by atoms with van der Waals surface area (Å²) >= 11 is 1.33. The Hall–Kier alpha value is -3.27. The molecule has 0 aliphatic rings. The number of aromatic nitrogens is 2. The molecule has 3 N–H and O–H groups in total. The molecule has 0 unspecified atom stereocenters. The van der Waals surface area contributed by atoms with Crippen molar-refractivity contribution in [3.8, 4) is 11.3 Å². The molecule has 0 fully saturated rings. The van der Waals surface area contributed by atoms with Gasteiger partial charge >= 0.3 is 0 Å². The molecule has 0 radical (unpaired) electrons. The van der Waals surface area contributed by atoms with Gasteiger partial charge in [0.25, 0.3) is 5.91 Å². The number of thiazole rings is 1. The standard InChI is InChI=1S/C22H20N4O3S2/c1-3-12-23-31(28,29)16-10-8-15(9-11-16)21(27)26-22-25-19(13-30-22)20-14(2)24-18-7-5-4-6-17(18)20/h3-11,13,23-24H,1,12H2,2H3,(H,25,26,27). The molecule has 2 aromatic carbocycles. The lowest BCUT2D eigenvalue weighted by Gasteiger charge is -2.06. The predicted octanol–water partition coefficient (Wildman–Crippen LogP) is 4.32. The molecule has 7 nitrogen and oxygen atoms in total. The number of fused-ring (bicyclic) bond motifs is 1. The number of nitrogens with one attached hydrogen (secondary N) is 3. The largest absolute Gasteiger partial charge is 0.358 e. The number of carbonyl (C=O) groups excluding carboxylic acids is 1. The van der Waals surface area contributed by atoms with Gasteiger partial charge in [0.2, 0.25) is 10.0 Å². The first-order valence-corrected chi connectivity index (χ1v) is 11.8. The molecular weight excluding hydrogens is 432 g/mol. The van der Waals surface area contributed by atoms with E-state index in [1.807, 2.05) is 36.6 Å². The van der Waals surface area contributed by atoms with Crippen molar-refractivity contribution in [1.82, 2.24) is 14.7 Å². The number of carbonyl (C=O) groups is 1. The Morgan fingerprint density at radius 1 is 1.19 bits per heavy atom. The molecule has 9 heteroatoms. The molecule has 0 spiro atoms. The zero-order valence-electron chi connectivity index (χ0n) is 16.7. The molecule has 0 aliphatic heterocycles. The average molecular weight is 453 g/mol. The molecule has 158 valence electrons. The highest BCUT2D eigenvalue weighted by molar-refractivity contribution is 7.89. The first-order valence-electron chi connectivity index (χ1n) is 9.44. The van der Waals surface area contributed by atoms with Gasteiger partial charge in [0.1, 0.15) is 0 Å². The minimum Gasteiger partial charge on any atom is -0.358 e. The molecule has 0 aliphatic carbocycles. The number of benzene rings is 2. The van der Waals surface area contributed by atoms with Gasteiger partial charge in [-0.3, -0.25) is 10.1 Å². The second-order valence-corrected chi connectivity index (χ2v) is 9.45. The molecule has 4 rings (SSSR count). The van der Waals surface area contributed by atoms with Crippen molar-refractivity contribution >= 4 is 43.3 Å². The molecule has 0 saturated heterocycles. The SMILES string of the molecule is C=CCNS(=O)(=O)c1ccc(C(=O)Nc2nc(-c3c(C)[nH]c4ccccc34)cs2)cc1. The van der Waals surface area contributed by atoms with Crippen molar-refractivity contribution in [3.05, 3.63) is 77.8 Å². The van der Waals surface area contributed by atoms with Crippen molar-refractivity contribution in [2.24, 2.45) is 0 Å². The Morgan fingerprint density at radius 3 is 2.68 bits per heavy atom. The van der Waals surface area contributed by atoms with E-state index in [4.69, 9.17) is 0 Å². The monoisotopic (exact) mass is 452 g/mol. The van der Waals surface area contributed by atoms with Gasteiger partial charge in [-0.25, -0.2) is 18.1 Å². The maximum Gasteiger partial charge on any atom is 0.257 e. The fourth-order valence-electron chi connectivity index (χ4n) is 3.26. The summed E-state index contributed by atoms with van der Waals surface area (Å²) in [6, 6.07) is 13.7. The van der Waals surface area contributed by atoms with E-state index < -0.39 is 10.0 Å². The third-order valence-corrected chi connectivity index (χ3v) is 6.92. The van der Waals surface area contributed by atoms with Gasteiger partial charge in [-0.2, -0.15) is 0 Å². The van der Waals surface area contributed by atoms with Crippen LogP contribution in [0.4, 0.5) is 5.13 Å². The zero-order chi connectivity index (χ0) is 22.0. The van der Waals surface area contributed by atoms with E-state index in [-0.39, 0.29) is 17.3 Å². The summed E-state index contributed by atoms with van der Waals surface area (Å²) in [5, 5.41) is 6.22. The summed E-state index contributed by atoms with van der Waals surface area (Å²) in [7, 11) is -3.63. The average Bonchev–Trinajstić information content (AvgIpc) is 3.35. The van der Waals surface area contributed by atoms with Gasteiger partial charge in [-0.05, 0) is 37.3 Å². The summed E-state index contributed by atoms with van der Waals surface area (Å²) < 4.78 is 26.6. The summed E-state index contributed by atoms with van der Waals surface area (Å²) in [5.41, 5.74) is 4.17. The Morgan fingerprint density at radius 2 is 1.94 bits per heavy atom. The van der Waals surface area contributed by atoms with E-state index in [2.05, 4.69) is 26.6 Å². The van der Waals surface area contributed by atoms with Crippen LogP contribution in [0.2, 0.25) is 0 Å². The summed E-state index contributed by atoms with van der Waals surface area (Å²) in [5.74, 6) is -0.362. The highest BCUT2D eigenvalue weighted by atomic mass is 32.2. The van der Waals surface area contributed by atoms with Crippen molar-refractivity contribution < 1.29 is 13.2 Å². The molecule has 2 aromatic heterocycles. The molecule has 4 aromatic rings. The number of aryl methyl sites for hydroxylation is 1. The van der Waals surface area contributed by atoms with Crippen LogP contribution in [0.25, 0.3) is 22.2 Å². The Labute approximate surface area is 183 Å². The highest BCUT2D eigenvalue weighted by Crippen LogP contribution is 2.33. The number of para-hydroxylation sites is 1. The second-order valence-electron chi connectivity index (χ2n) is 6.83. The van der Waals surface area contributed by atoms with Gasteiger partial charge in [0.05, 0.1) is 10.6 Å². The Bertz CT molecular complexity index is 1370. The van der Waals surface area contributed by atoms with E-state index in [1.165, 1.54) is 41.7 Å². The minimum absolute atomic E-state index is 0.0808. The van der Waals surface area contributed by atoms with E-state index in [0.717, 1.165) is 27.9 Å². The molecule has 0 atom stereocenters. The fraction of sp³-hybridized carbons (Fsp3) is 0.0909. The van der Waals surface area contributed by atoms with Gasteiger partial charge in [-0.15, -0.1) is 17.9 Å². The molecular formula is C22H20N4O3S2. The quantitative estimate of drug-likeness (QED) is 0.363. The molecule has 0 saturated carbocycles.